The summed E-state index contributed by atoms with van der Waals surface area (Å²) in [6, 6.07) is 10.6. The van der Waals surface area contributed by atoms with Crippen LogP contribution in [-0.2, 0) is 5.33 Å². The lowest BCUT2D eigenvalue weighted by molar-refractivity contribution is 0.769. The molecule has 4 heteroatoms. The van der Waals surface area contributed by atoms with Crippen molar-refractivity contribution in [2.45, 2.75) is 17.5 Å². The van der Waals surface area contributed by atoms with Gasteiger partial charge in [-0.2, -0.15) is 11.8 Å². The smallest absolute Gasteiger partial charge is 0.133 e. The minimum atomic E-state index is 0.685. The Morgan fingerprint density at radius 3 is 3.05 bits per heavy atom. The summed E-state index contributed by atoms with van der Waals surface area (Å²) in [6.07, 6.45) is 0. The summed E-state index contributed by atoms with van der Waals surface area (Å²) in [5, 5.41) is 2.77. The topological polar surface area (TPSA) is 16.1 Å². The van der Waals surface area contributed by atoms with Crippen molar-refractivity contribution in [3.63, 3.8) is 0 Å². The van der Waals surface area contributed by atoms with Crippen LogP contribution in [0.25, 0.3) is 10.9 Å². The maximum Gasteiger partial charge on any atom is 0.133 e. The predicted molar refractivity (Wildman–Crippen MR) is 88.5 cm³/mol. The third-order valence-electron chi connectivity index (χ3n) is 3.46. The van der Waals surface area contributed by atoms with Crippen molar-refractivity contribution < 1.29 is 0 Å². The molecule has 1 unspecified atom stereocenters. The summed E-state index contributed by atoms with van der Waals surface area (Å²) in [5.41, 5.74) is 2.38. The number of benzene rings is 1. The molecule has 0 bridgehead atoms. The molecule has 1 fully saturated rings. The number of aromatic nitrogens is 1. The fraction of sp³-hybridized carbons (Fsp3) is 0.400. The summed E-state index contributed by atoms with van der Waals surface area (Å²) in [7, 11) is 0. The number of rotatable bonds is 2. The highest BCUT2D eigenvalue weighted by atomic mass is 79.9. The van der Waals surface area contributed by atoms with Crippen molar-refractivity contribution in [1.29, 1.82) is 0 Å². The second-order valence-electron chi connectivity index (χ2n) is 4.92. The van der Waals surface area contributed by atoms with Crippen molar-refractivity contribution in [3.05, 3.63) is 35.9 Å². The summed E-state index contributed by atoms with van der Waals surface area (Å²) < 4.78 is 0. The van der Waals surface area contributed by atoms with Gasteiger partial charge in [0.2, 0.25) is 0 Å². The van der Waals surface area contributed by atoms with Crippen molar-refractivity contribution in [2.24, 2.45) is 0 Å². The maximum absolute atomic E-state index is 4.89. The first kappa shape index (κ1) is 13.3. The second kappa shape index (κ2) is 5.71. The molecule has 0 N–H and O–H groups in total. The van der Waals surface area contributed by atoms with Gasteiger partial charge in [0, 0.05) is 40.4 Å². The van der Waals surface area contributed by atoms with Crippen molar-refractivity contribution in [3.8, 4) is 0 Å². The number of pyridine rings is 1. The Labute approximate surface area is 126 Å². The number of thioether (sulfide) groups is 1. The van der Waals surface area contributed by atoms with Gasteiger partial charge in [-0.15, -0.1) is 0 Å². The van der Waals surface area contributed by atoms with Crippen LogP contribution in [0.5, 0.6) is 0 Å². The molecular formula is C15H17BrN2S. The molecule has 2 heterocycles. The molecule has 2 nitrogen and oxygen atoms in total. The van der Waals surface area contributed by atoms with Gasteiger partial charge in [-0.25, -0.2) is 4.98 Å². The van der Waals surface area contributed by atoms with E-state index >= 15 is 0 Å². The standard InChI is InChI=1S/C15H17BrN2S/c1-11-10-18(6-7-19-11)15-13(9-16)8-12-4-2-3-5-14(12)17-15/h2-5,8,11H,6-7,9-10H2,1H3. The normalized spacial score (nSPS) is 19.9. The second-order valence-corrected chi connectivity index (χ2v) is 7.03. The third-order valence-corrected chi connectivity index (χ3v) is 5.21. The highest BCUT2D eigenvalue weighted by Crippen LogP contribution is 2.29. The maximum atomic E-state index is 4.89. The number of nitrogens with zero attached hydrogens (tertiary/aromatic N) is 2. The van der Waals surface area contributed by atoms with E-state index in [0.29, 0.717) is 5.25 Å². The Balaban J connectivity index is 2.05. The van der Waals surface area contributed by atoms with Gasteiger partial charge in [0.05, 0.1) is 5.52 Å². The van der Waals surface area contributed by atoms with Crippen molar-refractivity contribution >= 4 is 44.4 Å². The summed E-state index contributed by atoms with van der Waals surface area (Å²) in [5.74, 6) is 2.35. The molecule has 3 rings (SSSR count). The van der Waals surface area contributed by atoms with Crippen LogP contribution in [-0.4, -0.2) is 29.1 Å². The number of para-hydroxylation sites is 1. The van der Waals surface area contributed by atoms with Crippen LogP contribution in [0.3, 0.4) is 0 Å². The zero-order valence-electron chi connectivity index (χ0n) is 11.0. The van der Waals surface area contributed by atoms with Crippen LogP contribution >= 0.6 is 27.7 Å². The Hall–Kier alpha value is -0.740. The van der Waals surface area contributed by atoms with Gasteiger partial charge in [-0.3, -0.25) is 0 Å². The van der Waals surface area contributed by atoms with E-state index in [1.165, 1.54) is 16.7 Å². The zero-order valence-corrected chi connectivity index (χ0v) is 13.4. The summed E-state index contributed by atoms with van der Waals surface area (Å²) in [6.45, 7) is 4.49. The minimum Gasteiger partial charge on any atom is -0.354 e. The Kier molecular flexibility index (Phi) is 3.99. The molecular weight excluding hydrogens is 320 g/mol. The van der Waals surface area contributed by atoms with Crippen LogP contribution in [0.4, 0.5) is 5.82 Å². The first-order chi connectivity index (χ1) is 9.28. The lowest BCUT2D eigenvalue weighted by Crippen LogP contribution is -2.37. The summed E-state index contributed by atoms with van der Waals surface area (Å²) in [4.78, 5) is 7.33. The van der Waals surface area contributed by atoms with Crippen LogP contribution < -0.4 is 4.90 Å². The molecule has 1 aromatic heterocycles. The highest BCUT2D eigenvalue weighted by Gasteiger charge is 2.20. The lowest BCUT2D eigenvalue weighted by atomic mass is 10.1. The molecule has 1 aromatic carbocycles. The molecule has 1 saturated heterocycles. The molecule has 0 saturated carbocycles. The molecule has 1 aliphatic rings. The molecule has 1 atom stereocenters. The van der Waals surface area contributed by atoms with Crippen LogP contribution in [0.1, 0.15) is 12.5 Å². The van der Waals surface area contributed by atoms with Gasteiger partial charge in [-0.05, 0) is 12.1 Å². The van der Waals surface area contributed by atoms with Gasteiger partial charge >= 0.3 is 0 Å². The summed E-state index contributed by atoms with van der Waals surface area (Å²) >= 11 is 5.66. The van der Waals surface area contributed by atoms with E-state index in [9.17, 15) is 0 Å². The van der Waals surface area contributed by atoms with E-state index in [-0.39, 0.29) is 0 Å². The molecule has 19 heavy (non-hydrogen) atoms. The number of alkyl halides is 1. The molecule has 0 radical (unpaired) electrons. The minimum absolute atomic E-state index is 0.685. The monoisotopic (exact) mass is 336 g/mol. The number of halogens is 1. The largest absolute Gasteiger partial charge is 0.354 e. The SMILES string of the molecule is CC1CN(c2nc3ccccc3cc2CBr)CCS1. The molecule has 100 valence electrons. The average molecular weight is 337 g/mol. The zero-order chi connectivity index (χ0) is 13.2. The van der Waals surface area contributed by atoms with E-state index in [1.807, 2.05) is 0 Å². The Morgan fingerprint density at radius 2 is 2.26 bits per heavy atom. The Bertz CT molecular complexity index is 587. The predicted octanol–water partition coefficient (Wildman–Crippen LogP) is 4.07. The molecule has 2 aromatic rings. The highest BCUT2D eigenvalue weighted by molar-refractivity contribution is 9.08. The Morgan fingerprint density at radius 1 is 1.42 bits per heavy atom. The van der Waals surface area contributed by atoms with E-state index in [0.717, 1.165) is 29.8 Å². The van der Waals surface area contributed by atoms with Gasteiger partial charge in [-0.1, -0.05) is 41.1 Å². The number of fused-ring (bicyclic) bond motifs is 1. The van der Waals surface area contributed by atoms with Gasteiger partial charge in [0.25, 0.3) is 0 Å². The molecule has 0 amide bonds. The fourth-order valence-electron chi connectivity index (χ4n) is 2.53. The molecule has 0 aliphatic carbocycles. The van der Waals surface area contributed by atoms with Gasteiger partial charge in [0.1, 0.15) is 5.82 Å². The average Bonchev–Trinajstić information content (AvgIpc) is 2.46. The molecule has 0 spiro atoms. The fourth-order valence-corrected chi connectivity index (χ4v) is 3.96. The van der Waals surface area contributed by atoms with Crippen molar-refractivity contribution in [2.75, 3.05) is 23.7 Å². The quantitative estimate of drug-likeness (QED) is 0.769. The van der Waals surface area contributed by atoms with Crippen LogP contribution in [0.2, 0.25) is 0 Å². The first-order valence-electron chi connectivity index (χ1n) is 6.59. The first-order valence-corrected chi connectivity index (χ1v) is 8.76. The van der Waals surface area contributed by atoms with E-state index in [1.54, 1.807) is 0 Å². The van der Waals surface area contributed by atoms with Gasteiger partial charge in [0.15, 0.2) is 0 Å². The van der Waals surface area contributed by atoms with Crippen molar-refractivity contribution in [1.82, 2.24) is 4.98 Å². The lowest BCUT2D eigenvalue weighted by Gasteiger charge is -2.32. The number of anilines is 1. The van der Waals surface area contributed by atoms with Crippen LogP contribution in [0, 0.1) is 0 Å². The van der Waals surface area contributed by atoms with Gasteiger partial charge < -0.3 is 4.90 Å². The van der Waals surface area contributed by atoms with E-state index < -0.39 is 0 Å². The molecule has 1 aliphatic heterocycles. The van der Waals surface area contributed by atoms with Crippen LogP contribution in [0.15, 0.2) is 30.3 Å². The van der Waals surface area contributed by atoms with E-state index in [4.69, 9.17) is 4.98 Å². The third kappa shape index (κ3) is 2.75. The van der Waals surface area contributed by atoms with E-state index in [2.05, 4.69) is 69.8 Å². The number of hydrogen-bond acceptors (Lipinski definition) is 3. The number of hydrogen-bond donors (Lipinski definition) is 0.